The van der Waals surface area contributed by atoms with E-state index in [0.29, 0.717) is 0 Å². The van der Waals surface area contributed by atoms with Gasteiger partial charge in [-0.3, -0.25) is 4.98 Å². The Hall–Kier alpha value is -1.39. The number of nitrogens with zero attached hydrogens (tertiary/aromatic N) is 1. The van der Waals surface area contributed by atoms with Crippen molar-refractivity contribution < 1.29 is 9.84 Å². The summed E-state index contributed by atoms with van der Waals surface area (Å²) in [5.74, 6) is 1.01. The molecule has 1 aromatic carbocycles. The number of hydrogen-bond acceptors (Lipinski definition) is 3. The summed E-state index contributed by atoms with van der Waals surface area (Å²) in [6, 6.07) is 11.9. The maximum absolute atomic E-state index is 9.56. The molecule has 0 amide bonds. The molecule has 0 spiro atoms. The number of benzene rings is 1. The van der Waals surface area contributed by atoms with Crippen molar-refractivity contribution in [3.63, 3.8) is 0 Å². The second kappa shape index (κ2) is 7.41. The Kier molecular flexibility index (Phi) is 5.56. The van der Waals surface area contributed by atoms with E-state index in [1.54, 1.807) is 13.3 Å². The predicted octanol–water partition coefficient (Wildman–Crippen LogP) is 3.25. The smallest absolute Gasteiger partial charge is 0.119 e. The Morgan fingerprint density at radius 1 is 1.25 bits per heavy atom. The normalized spacial score (nSPS) is 12.2. The molecule has 3 nitrogen and oxygen atoms in total. The Balaban J connectivity index is 2.02. The van der Waals surface area contributed by atoms with Gasteiger partial charge in [0.15, 0.2) is 0 Å². The van der Waals surface area contributed by atoms with Gasteiger partial charge in [0.05, 0.1) is 7.11 Å². The van der Waals surface area contributed by atoms with Crippen molar-refractivity contribution in [1.82, 2.24) is 4.98 Å². The van der Waals surface area contributed by atoms with Crippen molar-refractivity contribution in [2.24, 2.45) is 5.92 Å². The number of aliphatic hydroxyl groups excluding tert-OH is 1. The molecule has 2 aromatic rings. The summed E-state index contributed by atoms with van der Waals surface area (Å²) < 4.78 is 6.19. The number of aromatic nitrogens is 1. The van der Waals surface area contributed by atoms with Gasteiger partial charge in [0, 0.05) is 23.0 Å². The van der Waals surface area contributed by atoms with Crippen molar-refractivity contribution in [3.8, 4) is 5.75 Å². The standard InChI is InChI=1S/C16H18BrNO2/c1-20-16-4-2-3-12(9-16)7-13(11-19)8-15-6-5-14(17)10-18-15/h2-6,9-10,13,19H,7-8,11H2,1H3. The molecule has 1 heterocycles. The van der Waals surface area contributed by atoms with Crippen molar-refractivity contribution >= 4 is 15.9 Å². The molecule has 0 radical (unpaired) electrons. The lowest BCUT2D eigenvalue weighted by atomic mass is 9.95. The van der Waals surface area contributed by atoms with Crippen LogP contribution in [0.2, 0.25) is 0 Å². The Morgan fingerprint density at radius 3 is 2.75 bits per heavy atom. The van der Waals surface area contributed by atoms with E-state index in [1.165, 1.54) is 5.56 Å². The molecule has 1 atom stereocenters. The van der Waals surface area contributed by atoms with Crippen LogP contribution in [0.25, 0.3) is 0 Å². The number of methoxy groups -OCH3 is 1. The summed E-state index contributed by atoms with van der Waals surface area (Å²) >= 11 is 3.37. The van der Waals surface area contributed by atoms with Crippen molar-refractivity contribution in [3.05, 3.63) is 58.3 Å². The predicted molar refractivity (Wildman–Crippen MR) is 82.9 cm³/mol. The second-order valence-corrected chi connectivity index (χ2v) is 5.69. The SMILES string of the molecule is COc1cccc(CC(CO)Cc2ccc(Br)cn2)c1. The maximum Gasteiger partial charge on any atom is 0.119 e. The molecule has 106 valence electrons. The Morgan fingerprint density at radius 2 is 2.10 bits per heavy atom. The highest BCUT2D eigenvalue weighted by Gasteiger charge is 2.11. The van der Waals surface area contributed by atoms with Crippen molar-refractivity contribution in [2.45, 2.75) is 12.8 Å². The lowest BCUT2D eigenvalue weighted by molar-refractivity contribution is 0.224. The van der Waals surface area contributed by atoms with Crippen molar-refractivity contribution in [1.29, 1.82) is 0 Å². The molecular formula is C16H18BrNO2. The van der Waals surface area contributed by atoms with Crippen LogP contribution < -0.4 is 4.74 Å². The molecule has 1 N–H and O–H groups in total. The van der Waals surface area contributed by atoms with E-state index in [4.69, 9.17) is 4.74 Å². The molecule has 1 aromatic heterocycles. The third kappa shape index (κ3) is 4.32. The lowest BCUT2D eigenvalue weighted by Crippen LogP contribution is -2.13. The van der Waals surface area contributed by atoms with E-state index in [-0.39, 0.29) is 12.5 Å². The lowest BCUT2D eigenvalue weighted by Gasteiger charge is -2.14. The van der Waals surface area contributed by atoms with Crippen LogP contribution in [0.3, 0.4) is 0 Å². The van der Waals surface area contributed by atoms with Gasteiger partial charge < -0.3 is 9.84 Å². The fraction of sp³-hybridized carbons (Fsp3) is 0.312. The minimum atomic E-state index is 0.148. The molecule has 20 heavy (non-hydrogen) atoms. The van der Waals surface area contributed by atoms with Crippen LogP contribution in [0.5, 0.6) is 5.75 Å². The molecule has 0 fully saturated rings. The van der Waals surface area contributed by atoms with Gasteiger partial charge in [-0.2, -0.15) is 0 Å². The van der Waals surface area contributed by atoms with Crippen LogP contribution in [0.4, 0.5) is 0 Å². The second-order valence-electron chi connectivity index (χ2n) is 4.78. The first kappa shape index (κ1) is 15.0. The molecular weight excluding hydrogens is 318 g/mol. The summed E-state index contributed by atoms with van der Waals surface area (Å²) in [4.78, 5) is 4.36. The van der Waals surface area contributed by atoms with E-state index < -0.39 is 0 Å². The minimum absolute atomic E-state index is 0.148. The van der Waals surface area contributed by atoms with Gasteiger partial charge in [0.25, 0.3) is 0 Å². The fourth-order valence-corrected chi connectivity index (χ4v) is 2.39. The topological polar surface area (TPSA) is 42.4 Å². The summed E-state index contributed by atoms with van der Waals surface area (Å²) in [6.07, 6.45) is 3.36. The number of halogens is 1. The monoisotopic (exact) mass is 335 g/mol. The minimum Gasteiger partial charge on any atom is -0.497 e. The Bertz CT molecular complexity index is 542. The number of ether oxygens (including phenoxy) is 1. The summed E-state index contributed by atoms with van der Waals surface area (Å²) in [7, 11) is 1.66. The van der Waals surface area contributed by atoms with Gasteiger partial charge in [-0.15, -0.1) is 0 Å². The van der Waals surface area contributed by atoms with Crippen LogP contribution in [0.15, 0.2) is 47.1 Å². The maximum atomic E-state index is 9.56. The van der Waals surface area contributed by atoms with E-state index in [9.17, 15) is 5.11 Å². The van der Waals surface area contributed by atoms with Gasteiger partial charge >= 0.3 is 0 Å². The average molecular weight is 336 g/mol. The van der Waals surface area contributed by atoms with Crippen LogP contribution in [0, 0.1) is 5.92 Å². The molecule has 0 aliphatic carbocycles. The van der Waals surface area contributed by atoms with Gasteiger partial charge in [0.1, 0.15) is 5.75 Å². The zero-order chi connectivity index (χ0) is 14.4. The highest BCUT2D eigenvalue weighted by molar-refractivity contribution is 9.10. The van der Waals surface area contributed by atoms with Crippen molar-refractivity contribution in [2.75, 3.05) is 13.7 Å². The highest BCUT2D eigenvalue weighted by Crippen LogP contribution is 2.18. The number of rotatable bonds is 6. The summed E-state index contributed by atoms with van der Waals surface area (Å²) in [5.41, 5.74) is 2.16. The fourth-order valence-electron chi connectivity index (χ4n) is 2.16. The van der Waals surface area contributed by atoms with E-state index in [1.807, 2.05) is 30.3 Å². The zero-order valence-electron chi connectivity index (χ0n) is 11.4. The number of hydrogen-bond donors (Lipinski definition) is 1. The third-order valence-corrected chi connectivity index (χ3v) is 3.67. The van der Waals surface area contributed by atoms with Gasteiger partial charge in [-0.1, -0.05) is 12.1 Å². The zero-order valence-corrected chi connectivity index (χ0v) is 13.0. The largest absolute Gasteiger partial charge is 0.497 e. The first-order valence-corrected chi connectivity index (χ1v) is 7.34. The van der Waals surface area contributed by atoms with E-state index in [2.05, 4.69) is 27.0 Å². The van der Waals surface area contributed by atoms with Crippen LogP contribution in [0.1, 0.15) is 11.3 Å². The molecule has 2 rings (SSSR count). The third-order valence-electron chi connectivity index (χ3n) is 3.20. The van der Waals surface area contributed by atoms with Crippen LogP contribution in [-0.2, 0) is 12.8 Å². The molecule has 0 aliphatic heterocycles. The Labute approximate surface area is 127 Å². The molecule has 0 bridgehead atoms. The van der Waals surface area contributed by atoms with Gasteiger partial charge in [-0.25, -0.2) is 0 Å². The van der Waals surface area contributed by atoms with E-state index in [0.717, 1.165) is 28.8 Å². The summed E-state index contributed by atoms with van der Waals surface area (Å²) in [5, 5.41) is 9.56. The van der Waals surface area contributed by atoms with Gasteiger partial charge in [0.2, 0.25) is 0 Å². The van der Waals surface area contributed by atoms with Gasteiger partial charge in [-0.05, 0) is 64.5 Å². The summed E-state index contributed by atoms with van der Waals surface area (Å²) in [6.45, 7) is 0.148. The first-order chi connectivity index (χ1) is 9.71. The molecule has 0 saturated carbocycles. The molecule has 0 aliphatic rings. The number of pyridine rings is 1. The number of aliphatic hydroxyl groups is 1. The van der Waals surface area contributed by atoms with Crippen LogP contribution in [-0.4, -0.2) is 23.8 Å². The first-order valence-electron chi connectivity index (χ1n) is 6.55. The van der Waals surface area contributed by atoms with Crippen LogP contribution >= 0.6 is 15.9 Å². The average Bonchev–Trinajstić information content (AvgIpc) is 2.49. The molecule has 1 unspecified atom stereocenters. The molecule has 4 heteroatoms. The molecule has 0 saturated heterocycles. The highest BCUT2D eigenvalue weighted by atomic mass is 79.9. The van der Waals surface area contributed by atoms with E-state index >= 15 is 0 Å². The quantitative estimate of drug-likeness (QED) is 0.881.